The normalized spacial score (nSPS) is 15.2. The van der Waals surface area contributed by atoms with Crippen molar-refractivity contribution in [3.05, 3.63) is 64.8 Å². The highest BCUT2D eigenvalue weighted by Gasteiger charge is 2.38. The lowest BCUT2D eigenvalue weighted by molar-refractivity contribution is -0.154. The molecule has 4 rings (SSSR count). The summed E-state index contributed by atoms with van der Waals surface area (Å²) in [4.78, 5) is 37.8. The Bertz CT molecular complexity index is 1320. The molecule has 0 saturated carbocycles. The van der Waals surface area contributed by atoms with Gasteiger partial charge in [-0.15, -0.1) is 0 Å². The minimum atomic E-state index is -0.505. The van der Waals surface area contributed by atoms with Crippen LogP contribution in [-0.4, -0.2) is 51.6 Å². The summed E-state index contributed by atoms with van der Waals surface area (Å²) < 4.78 is 23.0. The Morgan fingerprint density at radius 1 is 0.921 bits per heavy atom. The van der Waals surface area contributed by atoms with E-state index in [1.165, 1.54) is 6.07 Å². The maximum Gasteiger partial charge on any atom is 0.310 e. The summed E-state index contributed by atoms with van der Waals surface area (Å²) in [6.45, 7) is 8.33. The molecule has 3 aromatic rings. The number of hydrogen-bond donors (Lipinski definition) is 0. The third-order valence-electron chi connectivity index (χ3n) is 6.74. The second-order valence-electron chi connectivity index (χ2n) is 10.9. The molecule has 0 atom stereocenters. The first kappa shape index (κ1) is 27.5. The van der Waals surface area contributed by atoms with Crippen molar-refractivity contribution < 1.29 is 28.2 Å². The summed E-state index contributed by atoms with van der Waals surface area (Å²) in [6.07, 6.45) is 0.621. The lowest BCUT2D eigenvalue weighted by atomic mass is 9.93. The van der Waals surface area contributed by atoms with Crippen LogP contribution in [-0.2, 0) is 23.8 Å². The molecular formula is C30H36NO7+. The molecule has 2 heterocycles. The van der Waals surface area contributed by atoms with Gasteiger partial charge in [0.2, 0.25) is 6.73 Å². The van der Waals surface area contributed by atoms with Gasteiger partial charge in [-0.3, -0.25) is 14.4 Å². The first-order chi connectivity index (χ1) is 18.2. The van der Waals surface area contributed by atoms with Gasteiger partial charge in [0.1, 0.15) is 13.1 Å². The molecule has 1 aliphatic heterocycles. The molecule has 8 heteroatoms. The minimum Gasteiger partial charge on any atom is -0.466 e. The van der Waals surface area contributed by atoms with Gasteiger partial charge in [0.15, 0.2) is 11.0 Å². The standard InChI is InChI=1S/C30H36NO7/c1-30(2,3)14-17-36-27(33)12-13-28(34)37-21-31(15-18-35-19-16-31)26-20-25(32)24-11-7-10-23(29(24)38-26)22-8-5-4-6-9-22/h4-11,20H,12-19,21H2,1-3H3/q+1. The van der Waals surface area contributed by atoms with Crippen LogP contribution < -0.4 is 9.91 Å². The van der Waals surface area contributed by atoms with Crippen LogP contribution in [0.25, 0.3) is 22.1 Å². The molecular weight excluding hydrogens is 486 g/mol. The van der Waals surface area contributed by atoms with Crippen molar-refractivity contribution in [2.75, 3.05) is 39.6 Å². The fourth-order valence-corrected chi connectivity index (χ4v) is 4.36. The quantitative estimate of drug-likeness (QED) is 0.287. The van der Waals surface area contributed by atoms with Crippen molar-refractivity contribution in [1.29, 1.82) is 0 Å². The summed E-state index contributed by atoms with van der Waals surface area (Å²) in [5.74, 6) is -0.506. The van der Waals surface area contributed by atoms with Crippen molar-refractivity contribution in [1.82, 2.24) is 4.48 Å². The van der Waals surface area contributed by atoms with Crippen molar-refractivity contribution in [3.8, 4) is 11.1 Å². The van der Waals surface area contributed by atoms with E-state index < -0.39 is 11.9 Å². The lowest BCUT2D eigenvalue weighted by Crippen LogP contribution is -2.58. The van der Waals surface area contributed by atoms with Crippen LogP contribution in [0, 0.1) is 5.41 Å². The van der Waals surface area contributed by atoms with E-state index >= 15 is 0 Å². The molecule has 0 N–H and O–H groups in total. The third kappa shape index (κ3) is 6.88. The summed E-state index contributed by atoms with van der Waals surface area (Å²) in [5.41, 5.74) is 2.15. The second-order valence-corrected chi connectivity index (χ2v) is 10.9. The van der Waals surface area contributed by atoms with Gasteiger partial charge in [0.05, 0.1) is 44.1 Å². The number of morpholine rings is 1. The van der Waals surface area contributed by atoms with Crippen LogP contribution in [0.2, 0.25) is 0 Å². The van der Waals surface area contributed by atoms with E-state index in [4.69, 9.17) is 18.6 Å². The van der Waals surface area contributed by atoms with E-state index in [9.17, 15) is 14.4 Å². The largest absolute Gasteiger partial charge is 0.466 e. The monoisotopic (exact) mass is 522 g/mol. The number of rotatable bonds is 9. The molecule has 38 heavy (non-hydrogen) atoms. The zero-order valence-electron chi connectivity index (χ0n) is 22.4. The second kappa shape index (κ2) is 11.9. The topological polar surface area (TPSA) is 92.0 Å². The van der Waals surface area contributed by atoms with Crippen molar-refractivity contribution in [2.45, 2.75) is 40.0 Å². The molecule has 8 nitrogen and oxygen atoms in total. The van der Waals surface area contributed by atoms with E-state index in [1.807, 2.05) is 42.5 Å². The minimum absolute atomic E-state index is 0.0246. The first-order valence-corrected chi connectivity index (χ1v) is 13.0. The smallest absolute Gasteiger partial charge is 0.310 e. The average Bonchev–Trinajstić information content (AvgIpc) is 2.91. The number of ether oxygens (including phenoxy) is 3. The Morgan fingerprint density at radius 2 is 1.61 bits per heavy atom. The predicted octanol–water partition coefficient (Wildman–Crippen LogP) is 5.06. The summed E-state index contributed by atoms with van der Waals surface area (Å²) in [7, 11) is 0. The molecule has 0 unspecified atom stereocenters. The number of carbonyl (C=O) groups is 2. The van der Waals surface area contributed by atoms with E-state index in [0.717, 1.165) is 17.5 Å². The molecule has 1 aliphatic rings. The molecule has 0 amide bonds. The average molecular weight is 523 g/mol. The van der Waals surface area contributed by atoms with Gasteiger partial charge >= 0.3 is 17.8 Å². The number of carbonyl (C=O) groups excluding carboxylic acids is 2. The first-order valence-electron chi connectivity index (χ1n) is 13.0. The highest BCUT2D eigenvalue weighted by Crippen LogP contribution is 2.33. The van der Waals surface area contributed by atoms with Gasteiger partial charge in [-0.25, -0.2) is 4.48 Å². The van der Waals surface area contributed by atoms with Crippen LogP contribution in [0.1, 0.15) is 40.0 Å². The maximum absolute atomic E-state index is 13.2. The summed E-state index contributed by atoms with van der Waals surface area (Å²) >= 11 is 0. The number of fused-ring (bicyclic) bond motifs is 1. The van der Waals surface area contributed by atoms with E-state index in [1.54, 1.807) is 6.07 Å². The van der Waals surface area contributed by atoms with Gasteiger partial charge in [0, 0.05) is 5.56 Å². The summed E-state index contributed by atoms with van der Waals surface area (Å²) in [6, 6.07) is 16.8. The van der Waals surface area contributed by atoms with E-state index in [-0.39, 0.29) is 34.9 Å². The Hall–Kier alpha value is -3.49. The van der Waals surface area contributed by atoms with Crippen LogP contribution >= 0.6 is 0 Å². The molecule has 0 spiro atoms. The van der Waals surface area contributed by atoms with Gasteiger partial charge in [0.25, 0.3) is 0 Å². The number of benzene rings is 2. The van der Waals surface area contributed by atoms with Gasteiger partial charge in [-0.05, 0) is 23.5 Å². The third-order valence-corrected chi connectivity index (χ3v) is 6.74. The summed E-state index contributed by atoms with van der Waals surface area (Å²) in [5, 5.41) is 0.489. The van der Waals surface area contributed by atoms with Crippen LogP contribution in [0.5, 0.6) is 0 Å². The molecule has 1 saturated heterocycles. The van der Waals surface area contributed by atoms with Crippen molar-refractivity contribution >= 4 is 28.8 Å². The van der Waals surface area contributed by atoms with E-state index in [0.29, 0.717) is 49.8 Å². The van der Waals surface area contributed by atoms with Gasteiger partial charge < -0.3 is 18.6 Å². The Kier molecular flexibility index (Phi) is 8.64. The van der Waals surface area contributed by atoms with Crippen LogP contribution in [0.15, 0.2) is 63.8 Å². The molecule has 1 fully saturated rings. The SMILES string of the molecule is CC(C)(C)CCOC(=O)CCC(=O)OC[N+]1(c2cc(=O)c3cccc(-c4ccccc4)c3o2)CCOCC1. The van der Waals surface area contributed by atoms with Crippen molar-refractivity contribution in [3.63, 3.8) is 0 Å². The van der Waals surface area contributed by atoms with Crippen LogP contribution in [0.4, 0.5) is 5.88 Å². The van der Waals surface area contributed by atoms with E-state index in [2.05, 4.69) is 20.8 Å². The fourth-order valence-electron chi connectivity index (χ4n) is 4.36. The van der Waals surface area contributed by atoms with Gasteiger partial charge in [-0.2, -0.15) is 0 Å². The molecule has 202 valence electrons. The number of quaternary nitrogens is 1. The Labute approximate surface area is 222 Å². The highest BCUT2D eigenvalue weighted by molar-refractivity contribution is 5.92. The maximum atomic E-state index is 13.2. The zero-order valence-corrected chi connectivity index (χ0v) is 22.4. The number of hydrogen-bond acceptors (Lipinski definition) is 7. The molecule has 1 aromatic heterocycles. The highest BCUT2D eigenvalue weighted by atomic mass is 16.6. The fraction of sp³-hybridized carbons (Fsp3) is 0.433. The molecule has 0 bridgehead atoms. The number of para-hydroxylation sites is 1. The van der Waals surface area contributed by atoms with Crippen molar-refractivity contribution in [2.24, 2.45) is 5.41 Å². The molecule has 0 radical (unpaired) electrons. The Balaban J connectivity index is 1.51. The molecule has 0 aliphatic carbocycles. The van der Waals surface area contributed by atoms with Crippen LogP contribution in [0.3, 0.4) is 0 Å². The molecule has 2 aromatic carbocycles. The zero-order chi connectivity index (χ0) is 27.2. The lowest BCUT2D eigenvalue weighted by Gasteiger charge is -2.37. The number of nitrogens with zero attached hydrogens (tertiary/aromatic N) is 1. The predicted molar refractivity (Wildman–Crippen MR) is 145 cm³/mol. The Morgan fingerprint density at radius 3 is 2.29 bits per heavy atom. The number of esters is 2. The van der Waals surface area contributed by atoms with Gasteiger partial charge in [-0.1, -0.05) is 63.2 Å².